The van der Waals surface area contributed by atoms with Crippen LogP contribution in [0.5, 0.6) is 0 Å². The van der Waals surface area contributed by atoms with Gasteiger partial charge in [0, 0.05) is 17.4 Å². The molecule has 0 atom stereocenters. The van der Waals surface area contributed by atoms with Crippen molar-refractivity contribution in [2.75, 3.05) is 5.32 Å². The Morgan fingerprint density at radius 3 is 2.48 bits per heavy atom. The van der Waals surface area contributed by atoms with E-state index in [-0.39, 0.29) is 5.91 Å². The number of rotatable bonds is 5. The number of hydrogen-bond acceptors (Lipinski definition) is 3. The van der Waals surface area contributed by atoms with Gasteiger partial charge in [-0.05, 0) is 54.8 Å². The summed E-state index contributed by atoms with van der Waals surface area (Å²) >= 11 is 0. The molecule has 0 unspecified atom stereocenters. The first-order valence-electron chi connectivity index (χ1n) is 9.70. The Bertz CT molecular complexity index is 979. The van der Waals surface area contributed by atoms with E-state index in [0.717, 1.165) is 16.9 Å². The van der Waals surface area contributed by atoms with Gasteiger partial charge < -0.3 is 5.32 Å². The highest BCUT2D eigenvalue weighted by Gasteiger charge is 2.10. The van der Waals surface area contributed by atoms with E-state index < -0.39 is 0 Å². The fraction of sp³-hybridized carbons (Fsp3) is 0.208. The van der Waals surface area contributed by atoms with Crippen LogP contribution < -0.4 is 10.6 Å². The molecular weight excluding hydrogens is 360 g/mol. The summed E-state index contributed by atoms with van der Waals surface area (Å²) in [7, 11) is 0. The minimum Gasteiger partial charge on any atom is -0.326 e. The van der Waals surface area contributed by atoms with Crippen molar-refractivity contribution in [2.24, 2.45) is 4.99 Å². The van der Waals surface area contributed by atoms with E-state index in [0.29, 0.717) is 24.0 Å². The standard InChI is InChI=1S/C24H26N4O/c1-17(2)19-10-12-21(13-11-19)27-24(26-16-22-9-4-5-14-25-22)28-23(29)20-8-6-7-18(3)15-20/h4-15,17H,16H2,1-3H3,(H2,26,27,28,29). The summed E-state index contributed by atoms with van der Waals surface area (Å²) in [4.78, 5) is 21.5. The van der Waals surface area contributed by atoms with Crippen LogP contribution in [-0.2, 0) is 6.54 Å². The van der Waals surface area contributed by atoms with Crippen LogP contribution in [0.4, 0.5) is 5.69 Å². The molecule has 1 amide bonds. The highest BCUT2D eigenvalue weighted by atomic mass is 16.1. The van der Waals surface area contributed by atoms with Crippen LogP contribution >= 0.6 is 0 Å². The zero-order valence-corrected chi connectivity index (χ0v) is 17.0. The molecule has 2 N–H and O–H groups in total. The first-order chi connectivity index (χ1) is 14.0. The van der Waals surface area contributed by atoms with Gasteiger partial charge in [-0.15, -0.1) is 0 Å². The summed E-state index contributed by atoms with van der Waals surface area (Å²) < 4.78 is 0. The molecule has 0 spiro atoms. The maximum atomic E-state index is 12.7. The first kappa shape index (κ1) is 20.3. The van der Waals surface area contributed by atoms with Crippen molar-refractivity contribution in [1.82, 2.24) is 10.3 Å². The molecular formula is C24H26N4O. The number of carbonyl (C=O) groups is 1. The van der Waals surface area contributed by atoms with Gasteiger partial charge in [0.1, 0.15) is 0 Å². The summed E-state index contributed by atoms with van der Waals surface area (Å²) in [6.07, 6.45) is 1.73. The Labute approximate surface area is 171 Å². The summed E-state index contributed by atoms with van der Waals surface area (Å²) in [5.41, 5.74) is 4.56. The van der Waals surface area contributed by atoms with Crippen LogP contribution in [0.2, 0.25) is 0 Å². The van der Waals surface area contributed by atoms with Gasteiger partial charge in [-0.25, -0.2) is 4.99 Å². The fourth-order valence-electron chi connectivity index (χ4n) is 2.82. The lowest BCUT2D eigenvalue weighted by Crippen LogP contribution is -2.36. The van der Waals surface area contributed by atoms with Crippen molar-refractivity contribution in [3.05, 3.63) is 95.3 Å². The highest BCUT2D eigenvalue weighted by molar-refractivity contribution is 6.10. The lowest BCUT2D eigenvalue weighted by atomic mass is 10.0. The Hall–Kier alpha value is -3.47. The molecule has 1 heterocycles. The van der Waals surface area contributed by atoms with Gasteiger partial charge in [-0.2, -0.15) is 0 Å². The fourth-order valence-corrected chi connectivity index (χ4v) is 2.82. The molecule has 0 aliphatic rings. The molecule has 29 heavy (non-hydrogen) atoms. The van der Waals surface area contributed by atoms with Gasteiger partial charge in [-0.1, -0.05) is 49.7 Å². The Balaban J connectivity index is 1.79. The second-order valence-corrected chi connectivity index (χ2v) is 7.21. The third-order valence-electron chi connectivity index (χ3n) is 4.48. The molecule has 0 saturated heterocycles. The number of nitrogens with one attached hydrogen (secondary N) is 2. The van der Waals surface area contributed by atoms with E-state index in [1.54, 1.807) is 12.3 Å². The number of hydrogen-bond donors (Lipinski definition) is 2. The smallest absolute Gasteiger partial charge is 0.257 e. The van der Waals surface area contributed by atoms with Crippen molar-refractivity contribution in [3.8, 4) is 0 Å². The lowest BCUT2D eigenvalue weighted by molar-refractivity contribution is 0.0977. The monoisotopic (exact) mass is 386 g/mol. The zero-order valence-electron chi connectivity index (χ0n) is 17.0. The van der Waals surface area contributed by atoms with Gasteiger partial charge in [0.2, 0.25) is 5.96 Å². The van der Waals surface area contributed by atoms with Crippen molar-refractivity contribution in [1.29, 1.82) is 0 Å². The molecule has 0 bridgehead atoms. The molecule has 0 aliphatic carbocycles. The predicted octanol–water partition coefficient (Wildman–Crippen LogP) is 4.91. The van der Waals surface area contributed by atoms with Gasteiger partial charge >= 0.3 is 0 Å². The molecule has 0 saturated carbocycles. The van der Waals surface area contributed by atoms with Crippen LogP contribution in [0.15, 0.2) is 77.9 Å². The van der Waals surface area contributed by atoms with Crippen molar-refractivity contribution in [2.45, 2.75) is 33.2 Å². The van der Waals surface area contributed by atoms with Crippen molar-refractivity contribution >= 4 is 17.6 Å². The van der Waals surface area contributed by atoms with E-state index in [4.69, 9.17) is 0 Å². The molecule has 2 aromatic carbocycles. The van der Waals surface area contributed by atoms with Crippen LogP contribution in [0.25, 0.3) is 0 Å². The molecule has 5 heteroatoms. The third kappa shape index (κ3) is 6.01. The van der Waals surface area contributed by atoms with E-state index in [1.165, 1.54) is 5.56 Å². The number of carbonyl (C=O) groups excluding carboxylic acids is 1. The van der Waals surface area contributed by atoms with E-state index in [2.05, 4.69) is 46.6 Å². The number of guanidine groups is 1. The molecule has 5 nitrogen and oxygen atoms in total. The summed E-state index contributed by atoms with van der Waals surface area (Å²) in [5.74, 6) is 0.640. The normalized spacial score (nSPS) is 11.4. The summed E-state index contributed by atoms with van der Waals surface area (Å²) in [5, 5.41) is 6.11. The largest absolute Gasteiger partial charge is 0.326 e. The first-order valence-corrected chi connectivity index (χ1v) is 9.70. The molecule has 3 rings (SSSR count). The molecule has 0 aliphatic heterocycles. The van der Waals surface area contributed by atoms with Gasteiger partial charge in [0.25, 0.3) is 5.91 Å². The SMILES string of the molecule is Cc1cccc(C(=O)NC(=NCc2ccccn2)Nc2ccc(C(C)C)cc2)c1. The quantitative estimate of drug-likeness (QED) is 0.483. The molecule has 0 radical (unpaired) electrons. The molecule has 148 valence electrons. The number of benzene rings is 2. The number of aryl methyl sites for hydroxylation is 1. The number of pyridine rings is 1. The number of aliphatic imine (C=N–C) groups is 1. The van der Waals surface area contributed by atoms with E-state index in [1.807, 2.05) is 55.5 Å². The maximum absolute atomic E-state index is 12.7. The predicted molar refractivity (Wildman–Crippen MR) is 118 cm³/mol. The molecule has 0 fully saturated rings. The average molecular weight is 386 g/mol. The molecule has 3 aromatic rings. The topological polar surface area (TPSA) is 66.4 Å². The third-order valence-corrected chi connectivity index (χ3v) is 4.48. The van der Waals surface area contributed by atoms with E-state index in [9.17, 15) is 4.79 Å². The highest BCUT2D eigenvalue weighted by Crippen LogP contribution is 2.17. The Morgan fingerprint density at radius 1 is 1.03 bits per heavy atom. The Kier molecular flexibility index (Phi) is 6.74. The Morgan fingerprint density at radius 2 is 1.83 bits per heavy atom. The summed E-state index contributed by atoms with van der Waals surface area (Å²) in [6, 6.07) is 21.3. The number of amides is 1. The lowest BCUT2D eigenvalue weighted by Gasteiger charge is -2.13. The van der Waals surface area contributed by atoms with Gasteiger partial charge in [0.05, 0.1) is 12.2 Å². The zero-order chi connectivity index (χ0) is 20.6. The van der Waals surface area contributed by atoms with Crippen LogP contribution in [-0.4, -0.2) is 16.9 Å². The van der Waals surface area contributed by atoms with Crippen LogP contribution in [0.1, 0.15) is 46.9 Å². The van der Waals surface area contributed by atoms with Crippen molar-refractivity contribution < 1.29 is 4.79 Å². The van der Waals surface area contributed by atoms with Crippen LogP contribution in [0, 0.1) is 6.92 Å². The maximum Gasteiger partial charge on any atom is 0.257 e. The van der Waals surface area contributed by atoms with Gasteiger partial charge in [-0.3, -0.25) is 15.1 Å². The summed E-state index contributed by atoms with van der Waals surface area (Å²) in [6.45, 7) is 6.64. The number of anilines is 1. The second kappa shape index (κ2) is 9.64. The average Bonchev–Trinajstić information content (AvgIpc) is 2.73. The second-order valence-electron chi connectivity index (χ2n) is 7.21. The number of nitrogens with zero attached hydrogens (tertiary/aromatic N) is 2. The minimum atomic E-state index is -0.209. The van der Waals surface area contributed by atoms with Crippen molar-refractivity contribution in [3.63, 3.8) is 0 Å². The minimum absolute atomic E-state index is 0.209. The van der Waals surface area contributed by atoms with Crippen LogP contribution in [0.3, 0.4) is 0 Å². The molecule has 1 aromatic heterocycles. The van der Waals surface area contributed by atoms with Gasteiger partial charge in [0.15, 0.2) is 0 Å². The number of aromatic nitrogens is 1. The van der Waals surface area contributed by atoms with E-state index >= 15 is 0 Å².